The van der Waals surface area contributed by atoms with Gasteiger partial charge in [-0.3, -0.25) is 9.59 Å². The molecule has 0 spiro atoms. The summed E-state index contributed by atoms with van der Waals surface area (Å²) in [6.07, 6.45) is 3.80. The van der Waals surface area contributed by atoms with Crippen molar-refractivity contribution in [1.29, 1.82) is 0 Å². The fourth-order valence-electron chi connectivity index (χ4n) is 3.29. The third kappa shape index (κ3) is 2.85. The molecule has 1 aromatic carbocycles. The van der Waals surface area contributed by atoms with E-state index < -0.39 is 5.92 Å². The largest absolute Gasteiger partial charge is 0.355 e. The highest BCUT2D eigenvalue weighted by atomic mass is 19.1. The van der Waals surface area contributed by atoms with Crippen LogP contribution >= 0.6 is 0 Å². The van der Waals surface area contributed by atoms with E-state index >= 15 is 0 Å². The maximum absolute atomic E-state index is 13.1. The Morgan fingerprint density at radius 1 is 1.32 bits per heavy atom. The second kappa shape index (κ2) is 6.07. The van der Waals surface area contributed by atoms with Crippen LogP contribution in [-0.4, -0.2) is 30.3 Å². The van der Waals surface area contributed by atoms with Crippen LogP contribution in [0.25, 0.3) is 0 Å². The van der Waals surface area contributed by atoms with Crippen LogP contribution in [0.5, 0.6) is 0 Å². The fraction of sp³-hybridized carbons (Fsp3) is 0.529. The minimum absolute atomic E-state index is 0.0434. The summed E-state index contributed by atoms with van der Waals surface area (Å²) in [4.78, 5) is 26.1. The lowest BCUT2D eigenvalue weighted by molar-refractivity contribution is -0.128. The maximum atomic E-state index is 13.1. The van der Waals surface area contributed by atoms with Gasteiger partial charge in [0, 0.05) is 20.0 Å². The normalized spacial score (nSPS) is 25.2. The van der Waals surface area contributed by atoms with Crippen molar-refractivity contribution in [2.75, 3.05) is 13.6 Å². The molecule has 0 radical (unpaired) electrons. The van der Waals surface area contributed by atoms with Gasteiger partial charge in [0.2, 0.25) is 11.8 Å². The van der Waals surface area contributed by atoms with Gasteiger partial charge in [-0.1, -0.05) is 18.6 Å². The SMILES string of the molecule is CN1C(=O)C[C@H](C(=O)NCC2CCC2)[C@@H]1c1ccc(F)cc1. The number of rotatable bonds is 4. The molecule has 1 aliphatic carbocycles. The Morgan fingerprint density at radius 3 is 2.59 bits per heavy atom. The van der Waals surface area contributed by atoms with Crippen LogP contribution in [0.1, 0.15) is 37.3 Å². The van der Waals surface area contributed by atoms with Gasteiger partial charge in [-0.15, -0.1) is 0 Å². The highest BCUT2D eigenvalue weighted by Crippen LogP contribution is 2.37. The van der Waals surface area contributed by atoms with Gasteiger partial charge in [0.05, 0.1) is 12.0 Å². The van der Waals surface area contributed by atoms with Gasteiger partial charge in [-0.2, -0.15) is 0 Å². The molecule has 118 valence electrons. The van der Waals surface area contributed by atoms with Crippen LogP contribution in [0.4, 0.5) is 4.39 Å². The molecule has 1 N–H and O–H groups in total. The fourth-order valence-corrected chi connectivity index (χ4v) is 3.29. The lowest BCUT2D eigenvalue weighted by Gasteiger charge is -2.28. The summed E-state index contributed by atoms with van der Waals surface area (Å²) >= 11 is 0. The number of benzene rings is 1. The summed E-state index contributed by atoms with van der Waals surface area (Å²) in [6.45, 7) is 0.698. The Bertz CT molecular complexity index is 569. The molecular weight excluding hydrogens is 283 g/mol. The Kier molecular flexibility index (Phi) is 4.14. The number of nitrogens with one attached hydrogen (secondary N) is 1. The second-order valence-corrected chi connectivity index (χ2v) is 6.35. The van der Waals surface area contributed by atoms with E-state index in [9.17, 15) is 14.0 Å². The third-order valence-corrected chi connectivity index (χ3v) is 4.92. The van der Waals surface area contributed by atoms with Gasteiger partial charge in [0.1, 0.15) is 5.82 Å². The van der Waals surface area contributed by atoms with E-state index in [2.05, 4.69) is 5.32 Å². The van der Waals surface area contributed by atoms with Crippen molar-refractivity contribution >= 4 is 11.8 Å². The molecule has 1 heterocycles. The molecule has 1 saturated heterocycles. The first-order chi connectivity index (χ1) is 10.6. The van der Waals surface area contributed by atoms with Crippen LogP contribution < -0.4 is 5.32 Å². The molecule has 2 aliphatic rings. The molecule has 1 saturated carbocycles. The molecule has 2 amide bonds. The summed E-state index contributed by atoms with van der Waals surface area (Å²) in [6, 6.07) is 5.74. The number of likely N-dealkylation sites (tertiary alicyclic amines) is 1. The summed E-state index contributed by atoms with van der Waals surface area (Å²) in [7, 11) is 1.70. The first-order valence-electron chi connectivity index (χ1n) is 7.85. The molecule has 1 aromatic rings. The Hall–Kier alpha value is -1.91. The number of hydrogen-bond acceptors (Lipinski definition) is 2. The first kappa shape index (κ1) is 15.0. The lowest BCUT2D eigenvalue weighted by Crippen LogP contribution is -2.38. The van der Waals surface area contributed by atoms with Crippen LogP contribution in [0.2, 0.25) is 0 Å². The van der Waals surface area contributed by atoms with Crippen molar-refractivity contribution in [2.45, 2.75) is 31.7 Å². The van der Waals surface area contributed by atoms with Crippen LogP contribution in [0.3, 0.4) is 0 Å². The summed E-state index contributed by atoms with van der Waals surface area (Å²) in [5.41, 5.74) is 0.804. The average molecular weight is 304 g/mol. The first-order valence-corrected chi connectivity index (χ1v) is 7.85. The van der Waals surface area contributed by atoms with E-state index in [0.717, 1.165) is 5.56 Å². The molecule has 22 heavy (non-hydrogen) atoms. The predicted molar refractivity (Wildman–Crippen MR) is 80.4 cm³/mol. The van der Waals surface area contributed by atoms with Crippen molar-refractivity contribution in [3.05, 3.63) is 35.6 Å². The summed E-state index contributed by atoms with van der Waals surface area (Å²) < 4.78 is 13.1. The standard InChI is InChI=1S/C17H21FN2O2/c1-20-15(21)9-14(17(22)19-10-11-3-2-4-11)16(20)12-5-7-13(18)8-6-12/h5-8,11,14,16H,2-4,9-10H2,1H3,(H,19,22)/t14-,16-/m0/s1. The Balaban J connectivity index is 1.73. The van der Waals surface area contributed by atoms with Crippen molar-refractivity contribution in [3.63, 3.8) is 0 Å². The Labute approximate surface area is 129 Å². The number of nitrogens with zero attached hydrogens (tertiary/aromatic N) is 1. The molecule has 2 fully saturated rings. The molecule has 3 rings (SSSR count). The monoisotopic (exact) mass is 304 g/mol. The quantitative estimate of drug-likeness (QED) is 0.927. The maximum Gasteiger partial charge on any atom is 0.226 e. The van der Waals surface area contributed by atoms with E-state index in [1.54, 1.807) is 24.1 Å². The number of amides is 2. The van der Waals surface area contributed by atoms with Crippen LogP contribution in [0, 0.1) is 17.7 Å². The topological polar surface area (TPSA) is 49.4 Å². The predicted octanol–water partition coefficient (Wildman–Crippen LogP) is 2.26. The Morgan fingerprint density at radius 2 is 2.00 bits per heavy atom. The average Bonchev–Trinajstić information content (AvgIpc) is 2.74. The molecule has 0 bridgehead atoms. The van der Waals surface area contributed by atoms with Gasteiger partial charge >= 0.3 is 0 Å². The van der Waals surface area contributed by atoms with Gasteiger partial charge in [-0.05, 0) is 36.5 Å². The van der Waals surface area contributed by atoms with E-state index in [0.29, 0.717) is 12.5 Å². The second-order valence-electron chi connectivity index (χ2n) is 6.35. The zero-order chi connectivity index (χ0) is 15.7. The highest BCUT2D eigenvalue weighted by molar-refractivity contribution is 5.90. The molecule has 0 unspecified atom stereocenters. The number of carbonyl (C=O) groups excluding carboxylic acids is 2. The molecule has 0 aromatic heterocycles. The van der Waals surface area contributed by atoms with Gasteiger partial charge in [-0.25, -0.2) is 4.39 Å². The van der Waals surface area contributed by atoms with E-state index in [-0.39, 0.29) is 30.1 Å². The van der Waals surface area contributed by atoms with Crippen LogP contribution in [0.15, 0.2) is 24.3 Å². The van der Waals surface area contributed by atoms with E-state index in [4.69, 9.17) is 0 Å². The minimum atomic E-state index is -0.400. The van der Waals surface area contributed by atoms with E-state index in [1.807, 2.05) is 0 Å². The van der Waals surface area contributed by atoms with Crippen LogP contribution in [-0.2, 0) is 9.59 Å². The molecule has 5 heteroatoms. The zero-order valence-corrected chi connectivity index (χ0v) is 12.7. The van der Waals surface area contributed by atoms with E-state index in [1.165, 1.54) is 31.4 Å². The molecule has 4 nitrogen and oxygen atoms in total. The van der Waals surface area contributed by atoms with Gasteiger partial charge in [0.25, 0.3) is 0 Å². The molecule has 1 aliphatic heterocycles. The lowest BCUT2D eigenvalue weighted by atomic mass is 9.85. The zero-order valence-electron chi connectivity index (χ0n) is 12.7. The van der Waals surface area contributed by atoms with Gasteiger partial charge < -0.3 is 10.2 Å². The van der Waals surface area contributed by atoms with Crippen molar-refractivity contribution in [1.82, 2.24) is 10.2 Å². The smallest absolute Gasteiger partial charge is 0.226 e. The van der Waals surface area contributed by atoms with Crippen molar-refractivity contribution in [2.24, 2.45) is 11.8 Å². The molecular formula is C17H21FN2O2. The molecule has 2 atom stereocenters. The third-order valence-electron chi connectivity index (χ3n) is 4.92. The summed E-state index contributed by atoms with van der Waals surface area (Å²) in [5, 5.41) is 2.99. The van der Waals surface area contributed by atoms with Crippen molar-refractivity contribution in [3.8, 4) is 0 Å². The summed E-state index contributed by atoms with van der Waals surface area (Å²) in [5.74, 6) is -0.246. The number of halogens is 1. The highest BCUT2D eigenvalue weighted by Gasteiger charge is 2.42. The van der Waals surface area contributed by atoms with Gasteiger partial charge in [0.15, 0.2) is 0 Å². The number of carbonyl (C=O) groups is 2. The minimum Gasteiger partial charge on any atom is -0.355 e. The van der Waals surface area contributed by atoms with Crippen molar-refractivity contribution < 1.29 is 14.0 Å². The number of hydrogen-bond donors (Lipinski definition) is 1.